The lowest BCUT2D eigenvalue weighted by molar-refractivity contribution is 0.531. The zero-order chi connectivity index (χ0) is 29.6. The van der Waals surface area contributed by atoms with E-state index in [4.69, 9.17) is 9.97 Å². The Morgan fingerprint density at radius 2 is 1.40 bits per heavy atom. The van der Waals surface area contributed by atoms with Crippen LogP contribution in [0.15, 0.2) is 116 Å². The number of fused-ring (bicyclic) bond motifs is 2. The molecular formula is C39H38N4. The molecule has 43 heavy (non-hydrogen) atoms. The van der Waals surface area contributed by atoms with Gasteiger partial charge in [0.15, 0.2) is 0 Å². The first-order chi connectivity index (χ1) is 20.9. The van der Waals surface area contributed by atoms with Gasteiger partial charge in [0.05, 0.1) is 16.9 Å². The molecule has 0 saturated heterocycles. The van der Waals surface area contributed by atoms with E-state index in [0.29, 0.717) is 0 Å². The van der Waals surface area contributed by atoms with E-state index in [1.807, 2.05) is 24.5 Å². The lowest BCUT2D eigenvalue weighted by Gasteiger charge is -2.28. The minimum Gasteiger partial charge on any atom is -0.320 e. The molecule has 0 bridgehead atoms. The molecule has 1 aliphatic carbocycles. The average molecular weight is 563 g/mol. The van der Waals surface area contributed by atoms with Crippen molar-refractivity contribution in [2.75, 3.05) is 0 Å². The first kappa shape index (κ1) is 27.2. The zero-order valence-electron chi connectivity index (χ0n) is 25.5. The predicted molar refractivity (Wildman–Crippen MR) is 177 cm³/mol. The Hall–Kier alpha value is -4.70. The maximum atomic E-state index is 4.81. The highest BCUT2D eigenvalue weighted by atomic mass is 15.0. The predicted octanol–water partition coefficient (Wildman–Crippen LogP) is 9.21. The van der Waals surface area contributed by atoms with Crippen molar-refractivity contribution in [1.82, 2.24) is 19.1 Å². The second-order valence-corrected chi connectivity index (χ2v) is 12.4. The van der Waals surface area contributed by atoms with Crippen LogP contribution >= 0.6 is 0 Å². The maximum absolute atomic E-state index is 4.81. The van der Waals surface area contributed by atoms with Gasteiger partial charge in [0.1, 0.15) is 0 Å². The largest absolute Gasteiger partial charge is 0.320 e. The van der Waals surface area contributed by atoms with E-state index in [0.717, 1.165) is 36.3 Å². The smallest absolute Gasteiger partial charge is 0.0531 e. The summed E-state index contributed by atoms with van der Waals surface area (Å²) in [5.41, 5.74) is 10.6. The maximum Gasteiger partial charge on any atom is 0.0531 e. The molecule has 0 amide bonds. The van der Waals surface area contributed by atoms with E-state index in [1.165, 1.54) is 39.0 Å². The molecule has 0 spiro atoms. The molecule has 4 nitrogen and oxygen atoms in total. The lowest BCUT2D eigenvalue weighted by Crippen LogP contribution is -2.24. The molecule has 1 atom stereocenters. The van der Waals surface area contributed by atoms with E-state index < -0.39 is 0 Å². The third-order valence-electron chi connectivity index (χ3n) is 9.59. The first-order valence-electron chi connectivity index (χ1n) is 15.4. The molecule has 214 valence electrons. The molecule has 0 aliphatic heterocycles. The molecule has 0 N–H and O–H groups in total. The Morgan fingerprint density at radius 3 is 2.12 bits per heavy atom. The van der Waals surface area contributed by atoms with Gasteiger partial charge in [0.25, 0.3) is 0 Å². The Labute approximate surface area is 254 Å². The van der Waals surface area contributed by atoms with Gasteiger partial charge >= 0.3 is 0 Å². The van der Waals surface area contributed by atoms with Crippen molar-refractivity contribution in [3.8, 4) is 11.4 Å². The van der Waals surface area contributed by atoms with E-state index >= 15 is 0 Å². The number of aromatic nitrogens is 4. The fourth-order valence-electron chi connectivity index (χ4n) is 6.85. The number of hydrogen-bond donors (Lipinski definition) is 0. The summed E-state index contributed by atoms with van der Waals surface area (Å²) in [5.74, 6) is 0. The Balaban J connectivity index is 1.37. The number of benzene rings is 2. The number of para-hydroxylation sites is 1. The molecule has 0 fully saturated rings. The number of rotatable bonds is 7. The fraction of sp³-hybridized carbons (Fsp3) is 0.231. The standard InChI is InChI=1S/C39H38N4/c1-5-39(4,37-22-11-13-24-41-37)33-27-43(35-20-9-7-18-31(33)35)29-16-14-15-28(25-29)42-26-32(30-17-6-8-19-34(30)42)38(2,3)36-21-10-12-23-40-36/h6-8,10-19,21-27H,5,9,20H2,1-4H3. The molecule has 1 unspecified atom stereocenters. The van der Waals surface area contributed by atoms with Crippen LogP contribution in [0.2, 0.25) is 0 Å². The van der Waals surface area contributed by atoms with E-state index in [-0.39, 0.29) is 10.8 Å². The minimum absolute atomic E-state index is 0.182. The topological polar surface area (TPSA) is 35.6 Å². The Kier molecular flexibility index (Phi) is 6.65. The van der Waals surface area contributed by atoms with Gasteiger partial charge in [-0.1, -0.05) is 69.3 Å². The highest BCUT2D eigenvalue weighted by molar-refractivity contribution is 5.87. The quantitative estimate of drug-likeness (QED) is 0.194. The van der Waals surface area contributed by atoms with Crippen molar-refractivity contribution in [2.24, 2.45) is 0 Å². The SMILES string of the molecule is CCC(C)(c1ccccn1)c1cn(-c2cccc(-n3cc(C(C)(C)c4ccccn4)c4ccccc43)c2)c2c1C=CCC2. The third-order valence-corrected chi connectivity index (χ3v) is 9.59. The van der Waals surface area contributed by atoms with Crippen molar-refractivity contribution in [2.45, 2.75) is 57.8 Å². The third kappa shape index (κ3) is 4.44. The van der Waals surface area contributed by atoms with E-state index in [2.05, 4.69) is 134 Å². The minimum atomic E-state index is -0.249. The van der Waals surface area contributed by atoms with Crippen molar-refractivity contribution < 1.29 is 0 Å². The summed E-state index contributed by atoms with van der Waals surface area (Å²) in [7, 11) is 0. The van der Waals surface area contributed by atoms with Crippen molar-refractivity contribution in [3.63, 3.8) is 0 Å². The van der Waals surface area contributed by atoms with Crippen molar-refractivity contribution in [3.05, 3.63) is 150 Å². The normalized spacial score (nSPS) is 14.5. The summed E-state index contributed by atoms with van der Waals surface area (Å²) in [4.78, 5) is 9.55. The summed E-state index contributed by atoms with van der Waals surface area (Å²) >= 11 is 0. The highest BCUT2D eigenvalue weighted by Gasteiger charge is 2.34. The van der Waals surface area contributed by atoms with Crippen LogP contribution in [-0.2, 0) is 17.3 Å². The summed E-state index contributed by atoms with van der Waals surface area (Å²) in [6.07, 6.45) is 16.2. The average Bonchev–Trinajstić information content (AvgIpc) is 3.66. The van der Waals surface area contributed by atoms with Crippen molar-refractivity contribution in [1.29, 1.82) is 0 Å². The van der Waals surface area contributed by atoms with Gasteiger partial charge in [0, 0.05) is 58.1 Å². The second-order valence-electron chi connectivity index (χ2n) is 12.4. The van der Waals surface area contributed by atoms with Crippen LogP contribution in [0.1, 0.15) is 74.3 Å². The fourth-order valence-corrected chi connectivity index (χ4v) is 6.85. The summed E-state index contributed by atoms with van der Waals surface area (Å²) in [5, 5.41) is 1.25. The van der Waals surface area contributed by atoms with Crippen LogP contribution in [0.4, 0.5) is 0 Å². The summed E-state index contributed by atoms with van der Waals surface area (Å²) in [6, 6.07) is 30.1. The van der Waals surface area contributed by atoms with Crippen LogP contribution in [0.3, 0.4) is 0 Å². The zero-order valence-corrected chi connectivity index (χ0v) is 25.5. The molecule has 4 heterocycles. The van der Waals surface area contributed by atoms with Gasteiger partial charge in [-0.15, -0.1) is 0 Å². The molecule has 0 saturated carbocycles. The van der Waals surface area contributed by atoms with E-state index in [9.17, 15) is 0 Å². The first-order valence-corrected chi connectivity index (χ1v) is 15.4. The highest BCUT2D eigenvalue weighted by Crippen LogP contribution is 2.42. The molecule has 2 aromatic carbocycles. The second kappa shape index (κ2) is 10.5. The Morgan fingerprint density at radius 1 is 0.721 bits per heavy atom. The van der Waals surface area contributed by atoms with Gasteiger partial charge in [-0.25, -0.2) is 0 Å². The molecule has 6 aromatic rings. The van der Waals surface area contributed by atoms with Crippen LogP contribution < -0.4 is 0 Å². The van der Waals surface area contributed by atoms with Crippen molar-refractivity contribution >= 4 is 17.0 Å². The van der Waals surface area contributed by atoms with Gasteiger partial charge in [-0.05, 0) is 91.4 Å². The molecule has 4 aromatic heterocycles. The number of hydrogen-bond acceptors (Lipinski definition) is 2. The van der Waals surface area contributed by atoms with Crippen LogP contribution in [0.5, 0.6) is 0 Å². The molecule has 7 rings (SSSR count). The number of nitrogens with zero attached hydrogens (tertiary/aromatic N) is 4. The molecule has 4 heteroatoms. The summed E-state index contributed by atoms with van der Waals surface area (Å²) in [6.45, 7) is 9.15. The van der Waals surface area contributed by atoms with Gasteiger partial charge in [-0.2, -0.15) is 0 Å². The van der Waals surface area contributed by atoms with Crippen LogP contribution in [0, 0.1) is 0 Å². The summed E-state index contributed by atoms with van der Waals surface area (Å²) < 4.78 is 4.78. The van der Waals surface area contributed by atoms with E-state index in [1.54, 1.807) is 0 Å². The van der Waals surface area contributed by atoms with Crippen LogP contribution in [-0.4, -0.2) is 19.1 Å². The molecular weight excluding hydrogens is 524 g/mol. The van der Waals surface area contributed by atoms with Gasteiger partial charge < -0.3 is 9.13 Å². The molecule has 0 radical (unpaired) electrons. The number of pyridine rings is 2. The van der Waals surface area contributed by atoms with Gasteiger partial charge in [-0.3, -0.25) is 9.97 Å². The molecule has 1 aliphatic rings. The van der Waals surface area contributed by atoms with Gasteiger partial charge in [0.2, 0.25) is 0 Å². The Bertz CT molecular complexity index is 1940. The lowest BCUT2D eigenvalue weighted by atomic mass is 9.75. The number of allylic oxidation sites excluding steroid dienone is 1. The monoisotopic (exact) mass is 562 g/mol. The van der Waals surface area contributed by atoms with Crippen LogP contribution in [0.25, 0.3) is 28.4 Å².